The molecule has 2 amide bonds. The molecule has 1 N–H and O–H groups in total. The Labute approximate surface area is 171 Å². The van der Waals surface area contributed by atoms with Crippen LogP contribution in [0.4, 0.5) is 21.0 Å². The van der Waals surface area contributed by atoms with Crippen LogP contribution in [0.2, 0.25) is 0 Å². The Balaban J connectivity index is 2.10. The average Bonchev–Trinajstić information content (AvgIpc) is 2.66. The number of hydrogen-bond donors (Lipinski definition) is 1. The Morgan fingerprint density at radius 1 is 1.10 bits per heavy atom. The Bertz CT molecular complexity index is 805. The van der Waals surface area contributed by atoms with Gasteiger partial charge in [0.15, 0.2) is 0 Å². The number of benzene rings is 2. The maximum atomic E-state index is 12.8. The molecule has 156 valence electrons. The van der Waals surface area contributed by atoms with Gasteiger partial charge in [-0.3, -0.25) is 10.2 Å². The molecular formula is C22H28N2O5. The van der Waals surface area contributed by atoms with Crippen molar-refractivity contribution in [3.05, 3.63) is 54.1 Å². The van der Waals surface area contributed by atoms with Crippen LogP contribution < -0.4 is 15.0 Å². The van der Waals surface area contributed by atoms with Crippen LogP contribution in [0.3, 0.4) is 0 Å². The zero-order chi connectivity index (χ0) is 21.2. The van der Waals surface area contributed by atoms with E-state index in [4.69, 9.17) is 14.2 Å². The highest BCUT2D eigenvalue weighted by Gasteiger charge is 2.18. The van der Waals surface area contributed by atoms with E-state index in [0.29, 0.717) is 31.2 Å². The summed E-state index contributed by atoms with van der Waals surface area (Å²) < 4.78 is 16.0. The van der Waals surface area contributed by atoms with E-state index in [2.05, 4.69) is 5.32 Å². The van der Waals surface area contributed by atoms with Crippen LogP contribution in [0.1, 0.15) is 26.3 Å². The predicted molar refractivity (Wildman–Crippen MR) is 113 cm³/mol. The number of hydrogen-bond acceptors (Lipinski definition) is 5. The van der Waals surface area contributed by atoms with Gasteiger partial charge in [0.05, 0.1) is 19.3 Å². The van der Waals surface area contributed by atoms with Crippen LogP contribution in [0.25, 0.3) is 0 Å². The molecule has 0 spiro atoms. The zero-order valence-electron chi connectivity index (χ0n) is 17.3. The van der Waals surface area contributed by atoms with Crippen molar-refractivity contribution in [3.8, 4) is 5.75 Å². The second-order valence-corrected chi connectivity index (χ2v) is 6.66. The molecule has 0 atom stereocenters. The topological polar surface area (TPSA) is 77.1 Å². The summed E-state index contributed by atoms with van der Waals surface area (Å²) in [6.07, 6.45) is -1.33. The normalized spacial score (nSPS) is 10.5. The van der Waals surface area contributed by atoms with Crippen LogP contribution in [-0.2, 0) is 9.47 Å². The first-order valence-electron chi connectivity index (χ1n) is 9.60. The van der Waals surface area contributed by atoms with E-state index in [9.17, 15) is 9.59 Å². The lowest BCUT2D eigenvalue weighted by Gasteiger charge is -2.22. The third-order valence-electron chi connectivity index (χ3n) is 3.86. The molecule has 0 heterocycles. The predicted octanol–water partition coefficient (Wildman–Crippen LogP) is 4.99. The number of nitrogens with one attached hydrogen (secondary N) is 1. The van der Waals surface area contributed by atoms with Gasteiger partial charge < -0.3 is 14.2 Å². The standard InChI is InChI=1S/C22H28N2O5/c1-5-27-14-13-24(19-11-9-17(4)10-12-19)22(26)29-20-8-6-7-18(15-20)23-21(25)28-16(2)3/h6-12,15-16H,5,13-14H2,1-4H3,(H,23,25). The molecular weight excluding hydrogens is 372 g/mol. The van der Waals surface area contributed by atoms with E-state index in [0.717, 1.165) is 11.3 Å². The average molecular weight is 400 g/mol. The molecule has 7 heteroatoms. The fourth-order valence-corrected chi connectivity index (χ4v) is 2.51. The molecule has 0 saturated heterocycles. The van der Waals surface area contributed by atoms with Gasteiger partial charge in [0.2, 0.25) is 0 Å². The van der Waals surface area contributed by atoms with E-state index in [1.807, 2.05) is 38.1 Å². The minimum atomic E-state index is -0.568. The molecule has 0 saturated carbocycles. The molecule has 0 fully saturated rings. The molecule has 0 aliphatic carbocycles. The molecule has 0 bridgehead atoms. The number of aryl methyl sites for hydroxylation is 1. The summed E-state index contributed by atoms with van der Waals surface area (Å²) in [5, 5.41) is 2.61. The Morgan fingerprint density at radius 2 is 1.83 bits per heavy atom. The highest BCUT2D eigenvalue weighted by Crippen LogP contribution is 2.21. The number of carbonyl (C=O) groups excluding carboxylic acids is 2. The molecule has 7 nitrogen and oxygen atoms in total. The highest BCUT2D eigenvalue weighted by atomic mass is 16.6. The summed E-state index contributed by atoms with van der Waals surface area (Å²) in [6, 6.07) is 14.2. The van der Waals surface area contributed by atoms with E-state index < -0.39 is 12.2 Å². The number of anilines is 2. The number of nitrogens with zero attached hydrogens (tertiary/aromatic N) is 1. The van der Waals surface area contributed by atoms with Crippen molar-refractivity contribution in [2.45, 2.75) is 33.8 Å². The fraction of sp³-hybridized carbons (Fsp3) is 0.364. The molecule has 0 aliphatic heterocycles. The van der Waals surface area contributed by atoms with E-state index in [1.54, 1.807) is 38.1 Å². The summed E-state index contributed by atoms with van der Waals surface area (Å²) in [7, 11) is 0. The quantitative estimate of drug-likeness (QED) is 0.632. The third-order valence-corrected chi connectivity index (χ3v) is 3.86. The van der Waals surface area contributed by atoms with Gasteiger partial charge in [-0.05, 0) is 52.0 Å². The minimum absolute atomic E-state index is 0.232. The maximum absolute atomic E-state index is 12.8. The lowest BCUT2D eigenvalue weighted by Crippen LogP contribution is -2.36. The van der Waals surface area contributed by atoms with E-state index in [-0.39, 0.29) is 6.10 Å². The number of ether oxygens (including phenoxy) is 3. The summed E-state index contributed by atoms with van der Waals surface area (Å²) >= 11 is 0. The summed E-state index contributed by atoms with van der Waals surface area (Å²) in [5.41, 5.74) is 2.28. The summed E-state index contributed by atoms with van der Waals surface area (Å²) in [5.74, 6) is 0.311. The maximum Gasteiger partial charge on any atom is 0.419 e. The molecule has 2 rings (SSSR count). The van der Waals surface area contributed by atoms with Crippen LogP contribution in [-0.4, -0.2) is 38.0 Å². The monoisotopic (exact) mass is 400 g/mol. The van der Waals surface area contributed by atoms with Crippen LogP contribution in [0.15, 0.2) is 48.5 Å². The number of carbonyl (C=O) groups is 2. The van der Waals surface area contributed by atoms with Crippen molar-refractivity contribution in [1.82, 2.24) is 0 Å². The molecule has 0 unspecified atom stereocenters. The summed E-state index contributed by atoms with van der Waals surface area (Å²) in [4.78, 5) is 26.1. The van der Waals surface area contributed by atoms with E-state index >= 15 is 0 Å². The van der Waals surface area contributed by atoms with E-state index in [1.165, 1.54) is 4.90 Å². The first-order chi connectivity index (χ1) is 13.9. The Kier molecular flexibility index (Phi) is 8.48. The van der Waals surface area contributed by atoms with Crippen molar-refractivity contribution in [2.75, 3.05) is 30.0 Å². The number of amides is 2. The second kappa shape index (κ2) is 11.1. The van der Waals surface area contributed by atoms with Crippen molar-refractivity contribution in [1.29, 1.82) is 0 Å². The second-order valence-electron chi connectivity index (χ2n) is 6.66. The smallest absolute Gasteiger partial charge is 0.419 e. The van der Waals surface area contributed by atoms with Gasteiger partial charge in [-0.15, -0.1) is 0 Å². The number of rotatable bonds is 8. The molecule has 2 aromatic rings. The lowest BCUT2D eigenvalue weighted by molar-refractivity contribution is 0.130. The lowest BCUT2D eigenvalue weighted by atomic mass is 10.2. The first-order valence-corrected chi connectivity index (χ1v) is 9.60. The van der Waals surface area contributed by atoms with Gasteiger partial charge in [0.25, 0.3) is 0 Å². The van der Waals surface area contributed by atoms with Gasteiger partial charge in [0, 0.05) is 24.0 Å². The van der Waals surface area contributed by atoms with Gasteiger partial charge in [-0.25, -0.2) is 9.59 Å². The van der Waals surface area contributed by atoms with Gasteiger partial charge in [-0.2, -0.15) is 0 Å². The largest absolute Gasteiger partial charge is 0.447 e. The molecule has 0 radical (unpaired) electrons. The Hall–Kier alpha value is -3.06. The van der Waals surface area contributed by atoms with Crippen molar-refractivity contribution in [3.63, 3.8) is 0 Å². The van der Waals surface area contributed by atoms with Crippen molar-refractivity contribution in [2.24, 2.45) is 0 Å². The van der Waals surface area contributed by atoms with Crippen LogP contribution in [0, 0.1) is 6.92 Å². The SMILES string of the molecule is CCOCCN(C(=O)Oc1cccc(NC(=O)OC(C)C)c1)c1ccc(C)cc1. The van der Waals surface area contributed by atoms with Gasteiger partial charge in [-0.1, -0.05) is 23.8 Å². The first kappa shape index (κ1) is 22.2. The van der Waals surface area contributed by atoms with Crippen LogP contribution in [0.5, 0.6) is 5.75 Å². The Morgan fingerprint density at radius 3 is 2.48 bits per heavy atom. The highest BCUT2D eigenvalue weighted by molar-refractivity contribution is 5.89. The zero-order valence-corrected chi connectivity index (χ0v) is 17.3. The van der Waals surface area contributed by atoms with Gasteiger partial charge in [0.1, 0.15) is 5.75 Å². The van der Waals surface area contributed by atoms with Gasteiger partial charge >= 0.3 is 12.2 Å². The molecule has 29 heavy (non-hydrogen) atoms. The summed E-state index contributed by atoms with van der Waals surface area (Å²) in [6.45, 7) is 8.72. The fourth-order valence-electron chi connectivity index (χ4n) is 2.51. The molecule has 2 aromatic carbocycles. The van der Waals surface area contributed by atoms with Crippen molar-refractivity contribution < 1.29 is 23.8 Å². The van der Waals surface area contributed by atoms with Crippen LogP contribution >= 0.6 is 0 Å². The third kappa shape index (κ3) is 7.46. The minimum Gasteiger partial charge on any atom is -0.447 e. The molecule has 0 aromatic heterocycles. The molecule has 0 aliphatic rings. The van der Waals surface area contributed by atoms with Crippen molar-refractivity contribution >= 4 is 23.6 Å².